The van der Waals surface area contributed by atoms with Gasteiger partial charge in [-0.05, 0) is 17.7 Å². The molecule has 0 bridgehead atoms. The van der Waals surface area contributed by atoms with Crippen LogP contribution in [0.15, 0.2) is 54.6 Å². The molecule has 4 heteroatoms. The van der Waals surface area contributed by atoms with Gasteiger partial charge >= 0.3 is 0 Å². The zero-order valence-corrected chi connectivity index (χ0v) is 12.4. The van der Waals surface area contributed by atoms with Crippen LogP contribution in [0.4, 0.5) is 0 Å². The summed E-state index contributed by atoms with van der Waals surface area (Å²) in [5.74, 6) is 0.683. The van der Waals surface area contributed by atoms with Gasteiger partial charge in [-0.1, -0.05) is 54.1 Å². The fraction of sp³-hybridized carbons (Fsp3) is 0.294. The van der Waals surface area contributed by atoms with E-state index in [1.165, 1.54) is 0 Å². The van der Waals surface area contributed by atoms with Crippen molar-refractivity contribution in [2.24, 2.45) is 0 Å². The number of nitrogens with one attached hydrogen (secondary N) is 1. The molecule has 1 heterocycles. The second kappa shape index (κ2) is 6.94. The van der Waals surface area contributed by atoms with E-state index in [1.807, 2.05) is 42.5 Å². The predicted octanol–water partition coefficient (Wildman–Crippen LogP) is 3.45. The summed E-state index contributed by atoms with van der Waals surface area (Å²) in [6.45, 7) is 2.34. The van der Waals surface area contributed by atoms with Crippen molar-refractivity contribution in [2.45, 2.75) is 12.2 Å². The Morgan fingerprint density at radius 2 is 1.86 bits per heavy atom. The highest BCUT2D eigenvalue weighted by atomic mass is 35.5. The lowest BCUT2D eigenvalue weighted by Crippen LogP contribution is -2.43. The monoisotopic (exact) mass is 303 g/mol. The second-order valence-electron chi connectivity index (χ2n) is 4.99. The molecule has 0 unspecified atom stereocenters. The third kappa shape index (κ3) is 3.56. The first-order chi connectivity index (χ1) is 10.3. The molecule has 0 aromatic heterocycles. The van der Waals surface area contributed by atoms with Gasteiger partial charge in [-0.3, -0.25) is 0 Å². The zero-order chi connectivity index (χ0) is 14.5. The van der Waals surface area contributed by atoms with Crippen LogP contribution in [0.5, 0.6) is 5.75 Å². The molecule has 21 heavy (non-hydrogen) atoms. The van der Waals surface area contributed by atoms with Gasteiger partial charge in [-0.25, -0.2) is 0 Å². The molecule has 1 aliphatic heterocycles. The van der Waals surface area contributed by atoms with Gasteiger partial charge in [0.05, 0.1) is 11.6 Å². The van der Waals surface area contributed by atoms with Crippen molar-refractivity contribution in [3.05, 3.63) is 65.2 Å². The van der Waals surface area contributed by atoms with Gasteiger partial charge in [-0.2, -0.15) is 0 Å². The number of ether oxygens (including phenoxy) is 2. The molecule has 3 nitrogen and oxygen atoms in total. The molecular formula is C17H18ClNO2. The standard InChI is InChI=1S/C17H18ClNO2/c18-14-8-4-5-9-15(14)21-17(13-6-2-1-3-7-13)16-12-19-10-11-20-16/h1-9,16-17,19H,10-12H2/t16-,17-/m0/s1. The first-order valence-electron chi connectivity index (χ1n) is 7.13. The molecule has 1 saturated heterocycles. The molecule has 0 amide bonds. The summed E-state index contributed by atoms with van der Waals surface area (Å²) in [7, 11) is 0. The largest absolute Gasteiger partial charge is 0.481 e. The highest BCUT2D eigenvalue weighted by Crippen LogP contribution is 2.31. The molecule has 0 radical (unpaired) electrons. The molecule has 110 valence electrons. The van der Waals surface area contributed by atoms with E-state index in [2.05, 4.69) is 17.4 Å². The normalized spacial score (nSPS) is 20.0. The quantitative estimate of drug-likeness (QED) is 0.938. The van der Waals surface area contributed by atoms with Gasteiger partial charge < -0.3 is 14.8 Å². The summed E-state index contributed by atoms with van der Waals surface area (Å²) in [4.78, 5) is 0. The molecule has 2 aromatic carbocycles. The van der Waals surface area contributed by atoms with E-state index < -0.39 is 0 Å². The van der Waals surface area contributed by atoms with Crippen LogP contribution >= 0.6 is 11.6 Å². The molecule has 1 aliphatic rings. The maximum Gasteiger partial charge on any atom is 0.151 e. The lowest BCUT2D eigenvalue weighted by molar-refractivity contribution is -0.0432. The molecule has 1 N–H and O–H groups in total. The summed E-state index contributed by atoms with van der Waals surface area (Å²) in [6, 6.07) is 17.7. The Hall–Kier alpha value is -1.55. The molecule has 0 spiro atoms. The number of hydrogen-bond acceptors (Lipinski definition) is 3. The van der Waals surface area contributed by atoms with Gasteiger partial charge in [0, 0.05) is 13.1 Å². The number of morpholine rings is 1. The molecular weight excluding hydrogens is 286 g/mol. The Kier molecular flexibility index (Phi) is 4.76. The number of para-hydroxylation sites is 1. The second-order valence-corrected chi connectivity index (χ2v) is 5.40. The average Bonchev–Trinajstić information content (AvgIpc) is 2.56. The van der Waals surface area contributed by atoms with Crippen LogP contribution in [0, 0.1) is 0 Å². The van der Waals surface area contributed by atoms with Gasteiger partial charge in [0.1, 0.15) is 11.9 Å². The van der Waals surface area contributed by atoms with Crippen molar-refractivity contribution in [3.63, 3.8) is 0 Å². The van der Waals surface area contributed by atoms with Gasteiger partial charge in [0.15, 0.2) is 6.10 Å². The summed E-state index contributed by atoms with van der Waals surface area (Å²) in [5.41, 5.74) is 1.09. The van der Waals surface area contributed by atoms with E-state index in [-0.39, 0.29) is 12.2 Å². The Balaban J connectivity index is 1.87. The fourth-order valence-electron chi connectivity index (χ4n) is 2.46. The molecule has 2 aromatic rings. The molecule has 0 saturated carbocycles. The molecule has 3 rings (SSSR count). The summed E-state index contributed by atoms with van der Waals surface area (Å²) in [5, 5.41) is 3.96. The van der Waals surface area contributed by atoms with Crippen LogP contribution < -0.4 is 10.1 Å². The molecule has 1 fully saturated rings. The minimum Gasteiger partial charge on any atom is -0.481 e. The summed E-state index contributed by atoms with van der Waals surface area (Å²) >= 11 is 6.21. The van der Waals surface area contributed by atoms with E-state index >= 15 is 0 Å². The van der Waals surface area contributed by atoms with Crippen LogP contribution in [0.1, 0.15) is 11.7 Å². The number of halogens is 1. The van der Waals surface area contributed by atoms with E-state index in [0.29, 0.717) is 17.4 Å². The van der Waals surface area contributed by atoms with Crippen molar-refractivity contribution in [3.8, 4) is 5.75 Å². The van der Waals surface area contributed by atoms with Gasteiger partial charge in [0.25, 0.3) is 0 Å². The zero-order valence-electron chi connectivity index (χ0n) is 11.7. The van der Waals surface area contributed by atoms with Crippen molar-refractivity contribution in [2.75, 3.05) is 19.7 Å². The van der Waals surface area contributed by atoms with E-state index in [9.17, 15) is 0 Å². The summed E-state index contributed by atoms with van der Waals surface area (Å²) < 4.78 is 12.0. The van der Waals surface area contributed by atoms with Crippen LogP contribution in [-0.4, -0.2) is 25.8 Å². The number of benzene rings is 2. The first kappa shape index (κ1) is 14.4. The van der Waals surface area contributed by atoms with Crippen LogP contribution in [0.25, 0.3) is 0 Å². The lowest BCUT2D eigenvalue weighted by atomic mass is 10.0. The highest BCUT2D eigenvalue weighted by molar-refractivity contribution is 6.32. The maximum absolute atomic E-state index is 6.21. The van der Waals surface area contributed by atoms with Crippen LogP contribution in [-0.2, 0) is 4.74 Å². The minimum atomic E-state index is -0.182. The third-order valence-corrected chi connectivity index (χ3v) is 3.82. The van der Waals surface area contributed by atoms with E-state index in [1.54, 1.807) is 0 Å². The highest BCUT2D eigenvalue weighted by Gasteiger charge is 2.28. The van der Waals surface area contributed by atoms with Gasteiger partial charge in [-0.15, -0.1) is 0 Å². The third-order valence-electron chi connectivity index (χ3n) is 3.51. The number of hydrogen-bond donors (Lipinski definition) is 1. The first-order valence-corrected chi connectivity index (χ1v) is 7.51. The molecule has 2 atom stereocenters. The van der Waals surface area contributed by atoms with Crippen LogP contribution in [0.2, 0.25) is 5.02 Å². The Morgan fingerprint density at radius 1 is 1.10 bits per heavy atom. The van der Waals surface area contributed by atoms with Gasteiger partial charge in [0.2, 0.25) is 0 Å². The summed E-state index contributed by atoms with van der Waals surface area (Å²) in [6.07, 6.45) is -0.212. The van der Waals surface area contributed by atoms with Crippen molar-refractivity contribution in [1.29, 1.82) is 0 Å². The van der Waals surface area contributed by atoms with Crippen molar-refractivity contribution < 1.29 is 9.47 Å². The Labute approximate surface area is 129 Å². The molecule has 0 aliphatic carbocycles. The Morgan fingerprint density at radius 3 is 2.57 bits per heavy atom. The SMILES string of the molecule is Clc1ccccc1O[C@@H](c1ccccc1)[C@@H]1CNCCO1. The average molecular weight is 304 g/mol. The van der Waals surface area contributed by atoms with Crippen molar-refractivity contribution >= 4 is 11.6 Å². The minimum absolute atomic E-state index is 0.0302. The topological polar surface area (TPSA) is 30.5 Å². The fourth-order valence-corrected chi connectivity index (χ4v) is 2.64. The maximum atomic E-state index is 6.21. The van der Waals surface area contributed by atoms with E-state index in [4.69, 9.17) is 21.1 Å². The number of rotatable bonds is 4. The lowest BCUT2D eigenvalue weighted by Gasteiger charge is -2.31. The van der Waals surface area contributed by atoms with Crippen molar-refractivity contribution in [1.82, 2.24) is 5.32 Å². The predicted molar refractivity (Wildman–Crippen MR) is 83.9 cm³/mol. The van der Waals surface area contributed by atoms with Crippen LogP contribution in [0.3, 0.4) is 0 Å². The Bertz CT molecular complexity index is 570. The smallest absolute Gasteiger partial charge is 0.151 e. The van der Waals surface area contributed by atoms with E-state index in [0.717, 1.165) is 18.7 Å².